The summed E-state index contributed by atoms with van der Waals surface area (Å²) in [6, 6.07) is 5.23. The summed E-state index contributed by atoms with van der Waals surface area (Å²) in [6.07, 6.45) is 3.48. The fraction of sp³-hybridized carbons (Fsp3) is 0.412. The third-order valence-electron chi connectivity index (χ3n) is 3.72. The quantitative estimate of drug-likeness (QED) is 0.917. The van der Waals surface area contributed by atoms with Gasteiger partial charge in [0.25, 0.3) is 0 Å². The first-order valence-corrected chi connectivity index (χ1v) is 7.80. The molecule has 1 atom stereocenters. The van der Waals surface area contributed by atoms with E-state index in [0.29, 0.717) is 43.3 Å². The van der Waals surface area contributed by atoms with E-state index in [2.05, 4.69) is 15.3 Å². The molecule has 2 heterocycles. The summed E-state index contributed by atoms with van der Waals surface area (Å²) in [7, 11) is 0. The zero-order valence-corrected chi connectivity index (χ0v) is 13.1. The number of aromatic nitrogens is 2. The molecule has 6 heteroatoms. The van der Waals surface area contributed by atoms with E-state index in [1.165, 1.54) is 0 Å². The predicted molar refractivity (Wildman–Crippen MR) is 84.0 cm³/mol. The number of hydrogen-bond acceptors (Lipinski definition) is 5. The second-order valence-electron chi connectivity index (χ2n) is 5.36. The molecular formula is C17H20FN3O2. The minimum atomic E-state index is -0.255. The highest BCUT2D eigenvalue weighted by atomic mass is 19.1. The van der Waals surface area contributed by atoms with Crippen molar-refractivity contribution in [1.29, 1.82) is 0 Å². The number of nitrogens with one attached hydrogen (secondary N) is 1. The topological polar surface area (TPSA) is 56.3 Å². The first-order chi connectivity index (χ1) is 11.3. The van der Waals surface area contributed by atoms with Gasteiger partial charge in [-0.2, -0.15) is 0 Å². The molecule has 0 spiro atoms. The molecule has 122 valence electrons. The Balaban J connectivity index is 1.70. The summed E-state index contributed by atoms with van der Waals surface area (Å²) in [4.78, 5) is 8.42. The number of ether oxygens (including phenoxy) is 2. The van der Waals surface area contributed by atoms with Gasteiger partial charge in [0, 0.05) is 19.5 Å². The first kappa shape index (κ1) is 15.8. The van der Waals surface area contributed by atoms with Gasteiger partial charge >= 0.3 is 0 Å². The molecule has 1 aromatic heterocycles. The van der Waals surface area contributed by atoms with E-state index in [4.69, 9.17) is 9.47 Å². The molecule has 0 bridgehead atoms. The molecule has 3 rings (SSSR count). The summed E-state index contributed by atoms with van der Waals surface area (Å²) < 4.78 is 25.3. The van der Waals surface area contributed by atoms with Crippen LogP contribution in [0.15, 0.2) is 30.6 Å². The van der Waals surface area contributed by atoms with Gasteiger partial charge in [0.2, 0.25) is 0 Å². The van der Waals surface area contributed by atoms with Crippen LogP contribution in [0.3, 0.4) is 0 Å². The minimum absolute atomic E-state index is 0.0889. The van der Waals surface area contributed by atoms with Crippen molar-refractivity contribution in [2.75, 3.05) is 26.3 Å². The van der Waals surface area contributed by atoms with Crippen molar-refractivity contribution in [2.45, 2.75) is 19.4 Å². The van der Waals surface area contributed by atoms with E-state index >= 15 is 0 Å². The maximum absolute atomic E-state index is 14.3. The Morgan fingerprint density at radius 2 is 2.17 bits per heavy atom. The van der Waals surface area contributed by atoms with Gasteiger partial charge in [0.1, 0.15) is 11.6 Å². The van der Waals surface area contributed by atoms with Gasteiger partial charge in [0.15, 0.2) is 5.75 Å². The standard InChI is InChI=1S/C17H20FN3O2/c1-2-22-14-9-20-17(21-10-14)8-12-3-4-13(7-15(12)18)16-11-19-5-6-23-16/h3-4,7,9-10,16,19H,2,5-6,8,11H2,1H3. The van der Waals surface area contributed by atoms with E-state index in [0.717, 1.165) is 12.1 Å². The second-order valence-corrected chi connectivity index (χ2v) is 5.36. The molecule has 0 aliphatic carbocycles. The highest BCUT2D eigenvalue weighted by Crippen LogP contribution is 2.22. The normalized spacial score (nSPS) is 17.9. The van der Waals surface area contributed by atoms with Crippen LogP contribution in [0.25, 0.3) is 0 Å². The van der Waals surface area contributed by atoms with Gasteiger partial charge in [0.05, 0.1) is 31.7 Å². The van der Waals surface area contributed by atoms with Crippen molar-refractivity contribution in [3.8, 4) is 5.75 Å². The molecule has 23 heavy (non-hydrogen) atoms. The largest absolute Gasteiger partial charge is 0.491 e. The summed E-state index contributed by atoms with van der Waals surface area (Å²) in [6.45, 7) is 4.66. The van der Waals surface area contributed by atoms with Crippen LogP contribution in [0.1, 0.15) is 30.0 Å². The number of nitrogens with zero attached hydrogens (tertiary/aromatic N) is 2. The molecule has 1 saturated heterocycles. The van der Waals surface area contributed by atoms with E-state index in [1.54, 1.807) is 24.5 Å². The molecule has 1 N–H and O–H groups in total. The molecule has 0 amide bonds. The maximum Gasteiger partial charge on any atom is 0.155 e. The molecular weight excluding hydrogens is 297 g/mol. The first-order valence-electron chi connectivity index (χ1n) is 7.80. The average molecular weight is 317 g/mol. The van der Waals surface area contributed by atoms with E-state index in [1.807, 2.05) is 13.0 Å². The Kier molecular flexibility index (Phi) is 5.15. The van der Waals surface area contributed by atoms with Crippen LogP contribution < -0.4 is 10.1 Å². The Labute approximate surface area is 134 Å². The van der Waals surface area contributed by atoms with Crippen LogP contribution in [0.4, 0.5) is 4.39 Å². The monoisotopic (exact) mass is 317 g/mol. The lowest BCUT2D eigenvalue weighted by Crippen LogP contribution is -2.33. The highest BCUT2D eigenvalue weighted by Gasteiger charge is 2.17. The smallest absolute Gasteiger partial charge is 0.155 e. The highest BCUT2D eigenvalue weighted by molar-refractivity contribution is 5.28. The molecule has 1 unspecified atom stereocenters. The summed E-state index contributed by atoms with van der Waals surface area (Å²) in [5, 5.41) is 3.24. The molecule has 1 aromatic carbocycles. The third-order valence-corrected chi connectivity index (χ3v) is 3.72. The fourth-order valence-corrected chi connectivity index (χ4v) is 2.53. The van der Waals surface area contributed by atoms with Gasteiger partial charge in [-0.25, -0.2) is 14.4 Å². The lowest BCUT2D eigenvalue weighted by Gasteiger charge is -2.24. The molecule has 1 aliphatic heterocycles. The van der Waals surface area contributed by atoms with E-state index in [9.17, 15) is 4.39 Å². The van der Waals surface area contributed by atoms with Crippen LogP contribution in [0.5, 0.6) is 5.75 Å². The molecule has 1 fully saturated rings. The zero-order chi connectivity index (χ0) is 16.1. The van der Waals surface area contributed by atoms with E-state index in [-0.39, 0.29) is 11.9 Å². The Morgan fingerprint density at radius 1 is 1.35 bits per heavy atom. The average Bonchev–Trinajstić information content (AvgIpc) is 2.59. The van der Waals surface area contributed by atoms with Gasteiger partial charge in [-0.1, -0.05) is 12.1 Å². The molecule has 0 radical (unpaired) electrons. The van der Waals surface area contributed by atoms with Crippen molar-refractivity contribution in [3.05, 3.63) is 53.4 Å². The lowest BCUT2D eigenvalue weighted by atomic mass is 10.0. The van der Waals surface area contributed by atoms with Crippen molar-refractivity contribution >= 4 is 0 Å². The van der Waals surface area contributed by atoms with E-state index < -0.39 is 0 Å². The minimum Gasteiger partial charge on any atom is -0.491 e. The summed E-state index contributed by atoms with van der Waals surface area (Å²) in [5.41, 5.74) is 1.42. The molecule has 2 aromatic rings. The van der Waals surface area contributed by atoms with Crippen molar-refractivity contribution in [3.63, 3.8) is 0 Å². The van der Waals surface area contributed by atoms with Crippen LogP contribution >= 0.6 is 0 Å². The summed E-state index contributed by atoms with van der Waals surface area (Å²) >= 11 is 0. The van der Waals surface area contributed by atoms with Crippen LogP contribution in [-0.2, 0) is 11.2 Å². The van der Waals surface area contributed by atoms with Gasteiger partial charge in [-0.15, -0.1) is 0 Å². The number of rotatable bonds is 5. The number of hydrogen-bond donors (Lipinski definition) is 1. The second kappa shape index (κ2) is 7.48. The SMILES string of the molecule is CCOc1cnc(Cc2ccc(C3CNCCO3)cc2F)nc1. The zero-order valence-electron chi connectivity index (χ0n) is 13.1. The molecule has 1 aliphatic rings. The van der Waals surface area contributed by atoms with Gasteiger partial charge in [-0.3, -0.25) is 0 Å². The number of benzene rings is 1. The Morgan fingerprint density at radius 3 is 2.83 bits per heavy atom. The lowest BCUT2D eigenvalue weighted by molar-refractivity contribution is 0.0275. The van der Waals surface area contributed by atoms with Gasteiger partial charge < -0.3 is 14.8 Å². The molecule has 0 saturated carbocycles. The summed E-state index contributed by atoms with van der Waals surface area (Å²) in [5.74, 6) is 0.930. The van der Waals surface area contributed by atoms with Crippen LogP contribution in [0, 0.1) is 5.82 Å². The fourth-order valence-electron chi connectivity index (χ4n) is 2.53. The van der Waals surface area contributed by atoms with Crippen molar-refractivity contribution in [1.82, 2.24) is 15.3 Å². The van der Waals surface area contributed by atoms with Gasteiger partial charge in [-0.05, 0) is 24.1 Å². The van der Waals surface area contributed by atoms with Crippen molar-refractivity contribution < 1.29 is 13.9 Å². The Bertz CT molecular complexity index is 643. The van der Waals surface area contributed by atoms with Crippen LogP contribution in [-0.4, -0.2) is 36.3 Å². The van der Waals surface area contributed by atoms with Crippen LogP contribution in [0.2, 0.25) is 0 Å². The Hall–Kier alpha value is -2.05. The number of morpholine rings is 1. The molecule has 5 nitrogen and oxygen atoms in total. The maximum atomic E-state index is 14.3. The number of halogens is 1. The van der Waals surface area contributed by atoms with Crippen molar-refractivity contribution in [2.24, 2.45) is 0 Å². The predicted octanol–water partition coefficient (Wildman–Crippen LogP) is 2.27. The third kappa shape index (κ3) is 4.03.